The van der Waals surface area contributed by atoms with Crippen LogP contribution < -0.4 is 0 Å². The van der Waals surface area contributed by atoms with E-state index in [1.807, 2.05) is 6.92 Å². The minimum Gasteiger partial charge on any atom is -0.476 e. The van der Waals surface area contributed by atoms with Gasteiger partial charge in [0.05, 0.1) is 18.3 Å². The van der Waals surface area contributed by atoms with E-state index in [2.05, 4.69) is 24.2 Å². The van der Waals surface area contributed by atoms with Crippen LogP contribution in [0.5, 0.6) is 0 Å². The van der Waals surface area contributed by atoms with Gasteiger partial charge in [0.1, 0.15) is 0 Å². The molecule has 0 amide bonds. The van der Waals surface area contributed by atoms with Gasteiger partial charge in [0.2, 0.25) is 0 Å². The van der Waals surface area contributed by atoms with Crippen molar-refractivity contribution in [2.24, 2.45) is 5.92 Å². The number of ether oxygens (including phenoxy) is 1. The zero-order valence-corrected chi connectivity index (χ0v) is 12.1. The van der Waals surface area contributed by atoms with Crippen molar-refractivity contribution in [3.05, 3.63) is 11.4 Å². The summed E-state index contributed by atoms with van der Waals surface area (Å²) in [4.78, 5) is 11.2. The Morgan fingerprint density at radius 2 is 2.16 bits per heavy atom. The third-order valence-corrected chi connectivity index (χ3v) is 3.13. The smallest absolute Gasteiger partial charge is 0.358 e. The Bertz CT molecular complexity index is 415. The maximum Gasteiger partial charge on any atom is 0.358 e. The molecule has 1 aromatic rings. The third-order valence-electron chi connectivity index (χ3n) is 3.13. The number of hydrogen-bond acceptors (Lipinski definition) is 4. The van der Waals surface area contributed by atoms with Crippen LogP contribution in [-0.4, -0.2) is 39.8 Å². The van der Waals surface area contributed by atoms with E-state index in [0.717, 1.165) is 12.8 Å². The van der Waals surface area contributed by atoms with Gasteiger partial charge in [-0.3, -0.25) is 0 Å². The Balaban J connectivity index is 3.05. The first-order valence-electron chi connectivity index (χ1n) is 6.67. The summed E-state index contributed by atoms with van der Waals surface area (Å²) in [5.74, 6) is -0.509. The highest BCUT2D eigenvalue weighted by Crippen LogP contribution is 2.19. The summed E-state index contributed by atoms with van der Waals surface area (Å²) in [6.07, 6.45) is 2.41. The van der Waals surface area contributed by atoms with Gasteiger partial charge in [-0.15, -0.1) is 5.10 Å². The molecule has 6 nitrogen and oxygen atoms in total. The van der Waals surface area contributed by atoms with Crippen LogP contribution in [0.1, 0.15) is 55.8 Å². The molecule has 0 aromatic carbocycles. The number of methoxy groups -OCH3 is 1. The van der Waals surface area contributed by atoms with Crippen molar-refractivity contribution in [1.29, 1.82) is 0 Å². The van der Waals surface area contributed by atoms with E-state index in [1.165, 1.54) is 0 Å². The zero-order chi connectivity index (χ0) is 14.4. The van der Waals surface area contributed by atoms with Gasteiger partial charge in [-0.2, -0.15) is 0 Å². The maximum absolute atomic E-state index is 11.2. The van der Waals surface area contributed by atoms with Gasteiger partial charge < -0.3 is 9.84 Å². The minimum atomic E-state index is -1.02. The van der Waals surface area contributed by atoms with Crippen LogP contribution in [-0.2, 0) is 11.2 Å². The number of carboxylic acids is 1. The van der Waals surface area contributed by atoms with Crippen LogP contribution in [0.2, 0.25) is 0 Å². The molecule has 108 valence electrons. The fourth-order valence-corrected chi connectivity index (χ4v) is 1.98. The Morgan fingerprint density at radius 1 is 1.47 bits per heavy atom. The van der Waals surface area contributed by atoms with E-state index in [9.17, 15) is 9.90 Å². The molecule has 0 aliphatic carbocycles. The highest BCUT2D eigenvalue weighted by atomic mass is 16.5. The molecule has 0 radical (unpaired) electrons. The first-order valence-corrected chi connectivity index (χ1v) is 6.67. The number of aromatic nitrogens is 3. The van der Waals surface area contributed by atoms with Gasteiger partial charge in [0, 0.05) is 7.11 Å². The fourth-order valence-electron chi connectivity index (χ4n) is 1.98. The largest absolute Gasteiger partial charge is 0.476 e. The normalized spacial score (nSPS) is 12.9. The molecule has 0 saturated heterocycles. The number of carboxylic acid groups (broad SMARTS) is 1. The van der Waals surface area contributed by atoms with Crippen LogP contribution >= 0.6 is 0 Å². The van der Waals surface area contributed by atoms with Crippen molar-refractivity contribution in [3.8, 4) is 0 Å². The first-order chi connectivity index (χ1) is 9.01. The predicted octanol–water partition coefficient (Wildman–Crippen LogP) is 2.16. The standard InChI is InChI=1S/C13H23N3O3/c1-5-10(8-19-4)16-11(7-6-9(2)3)12(13(17)18)14-15-16/h9-10H,5-8H2,1-4H3,(H,17,18). The van der Waals surface area contributed by atoms with E-state index < -0.39 is 5.97 Å². The second-order valence-electron chi connectivity index (χ2n) is 5.08. The summed E-state index contributed by atoms with van der Waals surface area (Å²) in [6.45, 7) is 6.76. The molecule has 0 spiro atoms. The van der Waals surface area contributed by atoms with E-state index in [-0.39, 0.29) is 11.7 Å². The Labute approximate surface area is 113 Å². The number of nitrogens with zero attached hydrogens (tertiary/aromatic N) is 3. The third kappa shape index (κ3) is 4.02. The summed E-state index contributed by atoms with van der Waals surface area (Å²) in [7, 11) is 1.63. The maximum atomic E-state index is 11.2. The predicted molar refractivity (Wildman–Crippen MR) is 71.3 cm³/mol. The lowest BCUT2D eigenvalue weighted by Gasteiger charge is -2.17. The summed E-state index contributed by atoms with van der Waals surface area (Å²) in [5.41, 5.74) is 0.764. The van der Waals surface area contributed by atoms with Gasteiger partial charge in [-0.1, -0.05) is 26.0 Å². The summed E-state index contributed by atoms with van der Waals surface area (Å²) < 4.78 is 6.88. The van der Waals surface area contributed by atoms with Crippen molar-refractivity contribution in [2.45, 2.75) is 46.1 Å². The molecule has 1 rings (SSSR count). The topological polar surface area (TPSA) is 77.2 Å². The molecule has 1 aromatic heterocycles. The molecule has 0 bridgehead atoms. The molecule has 0 fully saturated rings. The summed E-state index contributed by atoms with van der Waals surface area (Å²) in [5, 5.41) is 17.0. The molecule has 1 atom stereocenters. The van der Waals surface area contributed by atoms with E-state index in [4.69, 9.17) is 4.74 Å². The summed E-state index contributed by atoms with van der Waals surface area (Å²) in [6, 6.07) is 0.0350. The molecule has 6 heteroatoms. The van der Waals surface area contributed by atoms with Crippen molar-refractivity contribution >= 4 is 5.97 Å². The van der Waals surface area contributed by atoms with Crippen LogP contribution in [0.25, 0.3) is 0 Å². The van der Waals surface area contributed by atoms with E-state index in [1.54, 1.807) is 11.8 Å². The number of hydrogen-bond donors (Lipinski definition) is 1. The van der Waals surface area contributed by atoms with E-state index in [0.29, 0.717) is 24.6 Å². The molecule has 0 aliphatic heterocycles. The SMILES string of the molecule is CCC(COC)n1nnc(C(=O)O)c1CCC(C)C. The molecule has 1 unspecified atom stereocenters. The highest BCUT2D eigenvalue weighted by molar-refractivity contribution is 5.86. The lowest BCUT2D eigenvalue weighted by atomic mass is 10.0. The number of rotatable bonds is 8. The Morgan fingerprint density at radius 3 is 2.63 bits per heavy atom. The van der Waals surface area contributed by atoms with Crippen molar-refractivity contribution in [1.82, 2.24) is 15.0 Å². The Kier molecular flexibility index (Phi) is 5.95. The van der Waals surface area contributed by atoms with Crippen molar-refractivity contribution in [2.75, 3.05) is 13.7 Å². The number of aromatic carboxylic acids is 1. The minimum absolute atomic E-state index is 0.0350. The van der Waals surface area contributed by atoms with Crippen LogP contribution in [0.4, 0.5) is 0 Å². The quantitative estimate of drug-likeness (QED) is 0.782. The molecule has 1 heterocycles. The highest BCUT2D eigenvalue weighted by Gasteiger charge is 2.22. The van der Waals surface area contributed by atoms with Crippen molar-refractivity contribution in [3.63, 3.8) is 0 Å². The van der Waals surface area contributed by atoms with Gasteiger partial charge in [-0.05, 0) is 25.2 Å². The van der Waals surface area contributed by atoms with Crippen molar-refractivity contribution < 1.29 is 14.6 Å². The van der Waals surface area contributed by atoms with E-state index >= 15 is 0 Å². The average Bonchev–Trinajstić information content (AvgIpc) is 2.77. The summed E-state index contributed by atoms with van der Waals surface area (Å²) >= 11 is 0. The molecule has 19 heavy (non-hydrogen) atoms. The van der Waals surface area contributed by atoms with Gasteiger partial charge in [0.15, 0.2) is 5.69 Å². The van der Waals surface area contributed by atoms with Crippen LogP contribution in [0.15, 0.2) is 0 Å². The average molecular weight is 269 g/mol. The molecule has 0 aliphatic rings. The molecular weight excluding hydrogens is 246 g/mol. The lowest BCUT2D eigenvalue weighted by Crippen LogP contribution is -2.19. The number of carbonyl (C=O) groups is 1. The lowest BCUT2D eigenvalue weighted by molar-refractivity contribution is 0.0688. The molecule has 1 N–H and O–H groups in total. The van der Waals surface area contributed by atoms with Gasteiger partial charge in [0.25, 0.3) is 0 Å². The second-order valence-corrected chi connectivity index (χ2v) is 5.08. The first kappa shape index (κ1) is 15.6. The zero-order valence-electron chi connectivity index (χ0n) is 12.1. The van der Waals surface area contributed by atoms with Crippen LogP contribution in [0, 0.1) is 5.92 Å². The second kappa shape index (κ2) is 7.23. The van der Waals surface area contributed by atoms with Gasteiger partial charge >= 0.3 is 5.97 Å². The molecular formula is C13H23N3O3. The van der Waals surface area contributed by atoms with Gasteiger partial charge in [-0.25, -0.2) is 9.48 Å². The van der Waals surface area contributed by atoms with Crippen LogP contribution in [0.3, 0.4) is 0 Å². The molecule has 0 saturated carbocycles. The Hall–Kier alpha value is -1.43. The fraction of sp³-hybridized carbons (Fsp3) is 0.769. The monoisotopic (exact) mass is 269 g/mol.